The summed E-state index contributed by atoms with van der Waals surface area (Å²) < 4.78 is 6.73. The van der Waals surface area contributed by atoms with E-state index in [2.05, 4.69) is 32.1 Å². The maximum atomic E-state index is 12.5. The molecule has 1 atom stereocenters. The van der Waals surface area contributed by atoms with Crippen LogP contribution in [-0.2, 0) is 6.61 Å². The highest BCUT2D eigenvalue weighted by Crippen LogP contribution is 2.19. The molecule has 0 aliphatic carbocycles. The Morgan fingerprint density at radius 2 is 1.77 bits per heavy atom. The van der Waals surface area contributed by atoms with E-state index in [-0.39, 0.29) is 11.9 Å². The van der Waals surface area contributed by atoms with Crippen molar-refractivity contribution in [3.8, 4) is 5.75 Å². The molecule has 5 nitrogen and oxygen atoms in total. The zero-order valence-electron chi connectivity index (χ0n) is 16.4. The van der Waals surface area contributed by atoms with E-state index >= 15 is 0 Å². The van der Waals surface area contributed by atoms with Crippen molar-refractivity contribution in [3.05, 3.63) is 100 Å². The topological polar surface area (TPSA) is 62.4 Å². The van der Waals surface area contributed by atoms with Gasteiger partial charge in [-0.05, 0) is 60.6 Å². The lowest BCUT2D eigenvalue weighted by Gasteiger charge is -2.17. The summed E-state index contributed by atoms with van der Waals surface area (Å²) in [6.07, 6.45) is 0. The third-order valence-electron chi connectivity index (χ3n) is 4.33. The Kier molecular flexibility index (Phi) is 7.82. The molecular weight excluding hydrogens is 462 g/mol. The number of amides is 1. The standard InChI is InChI=1S/C23H22BrN3O2S/c1-16(18-8-3-2-4-9-18)25-23(30)27-26-22(28)19-10-5-7-17(13-19)15-29-21-12-6-11-20(24)14-21/h2-14,16H,15H2,1H3,(H,26,28)(H2,25,27,30)/t16-/m0/s1. The van der Waals surface area contributed by atoms with Gasteiger partial charge in [-0.15, -0.1) is 0 Å². The number of carbonyl (C=O) groups is 1. The quantitative estimate of drug-likeness (QED) is 0.343. The molecule has 0 bridgehead atoms. The molecule has 1 amide bonds. The Hall–Kier alpha value is -2.90. The van der Waals surface area contributed by atoms with Gasteiger partial charge in [-0.2, -0.15) is 0 Å². The molecular formula is C23H22BrN3O2S. The predicted octanol–water partition coefficient (Wildman–Crippen LogP) is 4.90. The van der Waals surface area contributed by atoms with Gasteiger partial charge < -0.3 is 10.1 Å². The van der Waals surface area contributed by atoms with Gasteiger partial charge in [0, 0.05) is 10.0 Å². The third-order valence-corrected chi connectivity index (χ3v) is 5.04. The second-order valence-corrected chi connectivity index (χ2v) is 7.96. The van der Waals surface area contributed by atoms with Crippen LogP contribution < -0.4 is 20.9 Å². The number of hydrogen-bond acceptors (Lipinski definition) is 3. The fourth-order valence-corrected chi connectivity index (χ4v) is 3.38. The molecule has 0 heterocycles. The first-order valence-corrected chi connectivity index (χ1v) is 10.6. The number of thiocarbonyl (C=S) groups is 1. The SMILES string of the molecule is C[C@H](NC(=S)NNC(=O)c1cccc(COc2cccc(Br)c2)c1)c1ccccc1. The van der Waals surface area contributed by atoms with Crippen molar-refractivity contribution in [2.45, 2.75) is 19.6 Å². The molecule has 0 aliphatic heterocycles. The summed E-state index contributed by atoms with van der Waals surface area (Å²) in [6.45, 7) is 2.36. The Morgan fingerprint density at radius 3 is 2.53 bits per heavy atom. The van der Waals surface area contributed by atoms with Crippen LogP contribution >= 0.6 is 28.1 Å². The number of ether oxygens (including phenoxy) is 1. The first kappa shape index (κ1) is 21.8. The fraction of sp³-hybridized carbons (Fsp3) is 0.130. The van der Waals surface area contributed by atoms with E-state index in [1.54, 1.807) is 12.1 Å². The van der Waals surface area contributed by atoms with E-state index in [1.807, 2.05) is 73.7 Å². The molecule has 3 aromatic rings. The number of rotatable bonds is 6. The fourth-order valence-electron chi connectivity index (χ4n) is 2.77. The summed E-state index contributed by atoms with van der Waals surface area (Å²) in [5.41, 5.74) is 7.88. The van der Waals surface area contributed by atoms with Gasteiger partial charge in [-0.1, -0.05) is 64.5 Å². The van der Waals surface area contributed by atoms with Crippen molar-refractivity contribution < 1.29 is 9.53 Å². The largest absolute Gasteiger partial charge is 0.489 e. The van der Waals surface area contributed by atoms with Gasteiger partial charge in [-0.25, -0.2) is 0 Å². The van der Waals surface area contributed by atoms with Gasteiger partial charge in [0.25, 0.3) is 5.91 Å². The minimum Gasteiger partial charge on any atom is -0.489 e. The first-order chi connectivity index (χ1) is 14.5. The number of hydrogen-bond donors (Lipinski definition) is 3. The Labute approximate surface area is 189 Å². The van der Waals surface area contributed by atoms with Crippen molar-refractivity contribution in [1.82, 2.24) is 16.2 Å². The molecule has 3 aromatic carbocycles. The monoisotopic (exact) mass is 483 g/mol. The molecule has 3 N–H and O–H groups in total. The zero-order valence-corrected chi connectivity index (χ0v) is 18.8. The van der Waals surface area contributed by atoms with Crippen molar-refractivity contribution in [1.29, 1.82) is 0 Å². The van der Waals surface area contributed by atoms with Gasteiger partial charge in [0.05, 0.1) is 6.04 Å². The van der Waals surface area contributed by atoms with Crippen LogP contribution in [0.25, 0.3) is 0 Å². The van der Waals surface area contributed by atoms with E-state index in [9.17, 15) is 4.79 Å². The van der Waals surface area contributed by atoms with Crippen LogP contribution in [-0.4, -0.2) is 11.0 Å². The van der Waals surface area contributed by atoms with Gasteiger partial charge in [0.2, 0.25) is 0 Å². The van der Waals surface area contributed by atoms with E-state index in [0.29, 0.717) is 17.3 Å². The van der Waals surface area contributed by atoms with Gasteiger partial charge >= 0.3 is 0 Å². The summed E-state index contributed by atoms with van der Waals surface area (Å²) in [5, 5.41) is 3.48. The molecule has 0 saturated heterocycles. The van der Waals surface area contributed by atoms with Crippen molar-refractivity contribution in [3.63, 3.8) is 0 Å². The lowest BCUT2D eigenvalue weighted by Crippen LogP contribution is -2.47. The number of benzene rings is 3. The van der Waals surface area contributed by atoms with E-state index in [0.717, 1.165) is 21.3 Å². The minimum atomic E-state index is -0.282. The number of nitrogens with one attached hydrogen (secondary N) is 3. The van der Waals surface area contributed by atoms with Crippen LogP contribution in [0.1, 0.15) is 34.5 Å². The van der Waals surface area contributed by atoms with Crippen LogP contribution in [0.2, 0.25) is 0 Å². The summed E-state index contributed by atoms with van der Waals surface area (Å²) >= 11 is 8.69. The van der Waals surface area contributed by atoms with Crippen LogP contribution in [0.5, 0.6) is 5.75 Å². The molecule has 0 aliphatic rings. The number of halogens is 1. The highest BCUT2D eigenvalue weighted by atomic mass is 79.9. The van der Waals surface area contributed by atoms with Gasteiger partial charge in [0.15, 0.2) is 5.11 Å². The van der Waals surface area contributed by atoms with E-state index in [1.165, 1.54) is 0 Å². The summed E-state index contributed by atoms with van der Waals surface area (Å²) in [4.78, 5) is 12.5. The van der Waals surface area contributed by atoms with Crippen LogP contribution in [0.15, 0.2) is 83.3 Å². The average Bonchev–Trinajstić information content (AvgIpc) is 2.77. The lowest BCUT2D eigenvalue weighted by molar-refractivity contribution is 0.0943. The molecule has 0 saturated carbocycles. The third kappa shape index (κ3) is 6.57. The smallest absolute Gasteiger partial charge is 0.269 e. The molecule has 0 aromatic heterocycles. The molecule has 3 rings (SSSR count). The second-order valence-electron chi connectivity index (χ2n) is 6.63. The van der Waals surface area contributed by atoms with Gasteiger partial charge in [-0.3, -0.25) is 15.6 Å². The predicted molar refractivity (Wildman–Crippen MR) is 126 cm³/mol. The Balaban J connectivity index is 1.50. The van der Waals surface area contributed by atoms with Crippen molar-refractivity contribution in [2.24, 2.45) is 0 Å². The molecule has 0 fully saturated rings. The normalized spacial score (nSPS) is 11.3. The van der Waals surface area contributed by atoms with E-state index in [4.69, 9.17) is 17.0 Å². The summed E-state index contributed by atoms with van der Waals surface area (Å²) in [5.74, 6) is 0.473. The number of carbonyl (C=O) groups excluding carboxylic acids is 1. The number of hydrazine groups is 1. The Morgan fingerprint density at radius 1 is 1.00 bits per heavy atom. The van der Waals surface area contributed by atoms with Crippen LogP contribution in [0.3, 0.4) is 0 Å². The first-order valence-electron chi connectivity index (χ1n) is 9.40. The molecule has 0 unspecified atom stereocenters. The van der Waals surface area contributed by atoms with E-state index < -0.39 is 0 Å². The molecule has 154 valence electrons. The van der Waals surface area contributed by atoms with Crippen LogP contribution in [0, 0.1) is 0 Å². The lowest BCUT2D eigenvalue weighted by atomic mass is 10.1. The van der Waals surface area contributed by atoms with Gasteiger partial charge in [0.1, 0.15) is 12.4 Å². The molecule has 30 heavy (non-hydrogen) atoms. The maximum Gasteiger partial charge on any atom is 0.269 e. The summed E-state index contributed by atoms with van der Waals surface area (Å²) in [7, 11) is 0. The average molecular weight is 484 g/mol. The molecule has 0 radical (unpaired) electrons. The summed E-state index contributed by atoms with van der Waals surface area (Å²) in [6, 6.07) is 24.8. The van der Waals surface area contributed by atoms with Crippen molar-refractivity contribution in [2.75, 3.05) is 0 Å². The highest BCUT2D eigenvalue weighted by Gasteiger charge is 2.09. The van der Waals surface area contributed by atoms with Crippen LogP contribution in [0.4, 0.5) is 0 Å². The zero-order chi connectivity index (χ0) is 21.3. The maximum absolute atomic E-state index is 12.5. The van der Waals surface area contributed by atoms with Crippen molar-refractivity contribution >= 4 is 39.2 Å². The molecule has 0 spiro atoms. The highest BCUT2D eigenvalue weighted by molar-refractivity contribution is 9.10. The molecule has 7 heteroatoms. The Bertz CT molecular complexity index is 1010. The second kappa shape index (κ2) is 10.8. The minimum absolute atomic E-state index is 0.0154.